The molecule has 142 valence electrons. The Morgan fingerprint density at radius 1 is 1.37 bits per heavy atom. The second-order valence-electron chi connectivity index (χ2n) is 7.14. The summed E-state index contributed by atoms with van der Waals surface area (Å²) < 4.78 is 6.99. The van der Waals surface area contributed by atoms with Crippen LogP contribution in [0, 0.1) is 0 Å². The molecule has 0 saturated carbocycles. The Kier molecular flexibility index (Phi) is 4.40. The lowest BCUT2D eigenvalue weighted by molar-refractivity contribution is 0.0707. The van der Waals surface area contributed by atoms with Gasteiger partial charge >= 0.3 is 0 Å². The van der Waals surface area contributed by atoms with E-state index >= 15 is 0 Å². The molecule has 0 spiro atoms. The quantitative estimate of drug-likeness (QED) is 0.615. The van der Waals surface area contributed by atoms with E-state index in [2.05, 4.69) is 30.7 Å². The molecule has 9 heteroatoms. The number of methoxy groups -OCH3 is 1. The van der Waals surface area contributed by atoms with Crippen LogP contribution in [0.1, 0.15) is 26.0 Å². The Morgan fingerprint density at radius 3 is 2.93 bits per heavy atom. The fraction of sp³-hybridized carbons (Fsp3) is 0.444. The highest BCUT2D eigenvalue weighted by Crippen LogP contribution is 2.31. The molecule has 1 aliphatic heterocycles. The summed E-state index contributed by atoms with van der Waals surface area (Å²) in [7, 11) is 1.54. The summed E-state index contributed by atoms with van der Waals surface area (Å²) in [5.74, 6) is 1.06. The molecule has 0 radical (unpaired) electrons. The Morgan fingerprint density at radius 2 is 2.22 bits per heavy atom. The maximum absolute atomic E-state index is 10.4. The molecule has 3 aromatic rings. The summed E-state index contributed by atoms with van der Waals surface area (Å²) in [6.45, 7) is 5.25. The molecule has 3 aromatic heterocycles. The van der Waals surface area contributed by atoms with Crippen molar-refractivity contribution in [2.24, 2.45) is 0 Å². The van der Waals surface area contributed by atoms with E-state index in [1.807, 2.05) is 6.07 Å². The number of aliphatic hydroxyl groups is 1. The Balaban J connectivity index is 1.75. The van der Waals surface area contributed by atoms with E-state index in [-0.39, 0.29) is 0 Å². The highest BCUT2D eigenvalue weighted by Gasteiger charge is 2.25. The summed E-state index contributed by atoms with van der Waals surface area (Å²) in [5.41, 5.74) is 1.37. The van der Waals surface area contributed by atoms with Crippen molar-refractivity contribution in [3.8, 4) is 17.0 Å². The SMILES string of the molecule is COc1cn2ncc(-c3ccnc(NC4CCNC4)n3)c2nc1C(C)(C)O. The number of fused-ring (bicyclic) bond motifs is 1. The third-order valence-electron chi connectivity index (χ3n) is 4.58. The topological polar surface area (TPSA) is 109 Å². The Hall–Kier alpha value is -2.78. The molecule has 4 heterocycles. The van der Waals surface area contributed by atoms with Crippen LogP contribution >= 0.6 is 0 Å². The zero-order valence-corrected chi connectivity index (χ0v) is 15.6. The van der Waals surface area contributed by atoms with Crippen LogP contribution in [0.4, 0.5) is 5.95 Å². The van der Waals surface area contributed by atoms with Crippen molar-refractivity contribution in [1.29, 1.82) is 0 Å². The molecule has 1 aliphatic rings. The van der Waals surface area contributed by atoms with Gasteiger partial charge in [-0.3, -0.25) is 0 Å². The van der Waals surface area contributed by atoms with Gasteiger partial charge in [-0.05, 0) is 32.9 Å². The molecular formula is C18H23N7O2. The lowest BCUT2D eigenvalue weighted by Gasteiger charge is -2.19. The molecule has 0 aliphatic carbocycles. The van der Waals surface area contributed by atoms with E-state index in [0.29, 0.717) is 34.8 Å². The van der Waals surface area contributed by atoms with E-state index in [4.69, 9.17) is 4.74 Å². The monoisotopic (exact) mass is 369 g/mol. The molecule has 0 amide bonds. The van der Waals surface area contributed by atoms with Crippen LogP contribution in [0.3, 0.4) is 0 Å². The largest absolute Gasteiger partial charge is 0.493 e. The summed E-state index contributed by atoms with van der Waals surface area (Å²) in [6.07, 6.45) is 6.18. The van der Waals surface area contributed by atoms with Gasteiger partial charge in [0.2, 0.25) is 5.95 Å². The van der Waals surface area contributed by atoms with Crippen molar-refractivity contribution < 1.29 is 9.84 Å². The average molecular weight is 369 g/mol. The number of hydrogen-bond acceptors (Lipinski definition) is 8. The van der Waals surface area contributed by atoms with E-state index in [0.717, 1.165) is 25.1 Å². The van der Waals surface area contributed by atoms with Crippen LogP contribution in [0.2, 0.25) is 0 Å². The van der Waals surface area contributed by atoms with Gasteiger partial charge in [-0.1, -0.05) is 0 Å². The molecule has 1 unspecified atom stereocenters. The van der Waals surface area contributed by atoms with Gasteiger partial charge in [0.1, 0.15) is 11.3 Å². The van der Waals surface area contributed by atoms with E-state index < -0.39 is 5.60 Å². The zero-order valence-electron chi connectivity index (χ0n) is 15.6. The lowest BCUT2D eigenvalue weighted by atomic mass is 10.0. The molecule has 4 rings (SSSR count). The smallest absolute Gasteiger partial charge is 0.223 e. The molecule has 1 saturated heterocycles. The fourth-order valence-corrected chi connectivity index (χ4v) is 3.20. The lowest BCUT2D eigenvalue weighted by Crippen LogP contribution is -2.23. The minimum absolute atomic E-state index is 0.327. The second kappa shape index (κ2) is 6.75. The first-order chi connectivity index (χ1) is 13.0. The number of nitrogens with zero attached hydrogens (tertiary/aromatic N) is 5. The maximum Gasteiger partial charge on any atom is 0.223 e. The molecule has 9 nitrogen and oxygen atoms in total. The van der Waals surface area contributed by atoms with E-state index in [1.165, 1.54) is 0 Å². The zero-order chi connectivity index (χ0) is 19.0. The second-order valence-corrected chi connectivity index (χ2v) is 7.14. The third-order valence-corrected chi connectivity index (χ3v) is 4.58. The van der Waals surface area contributed by atoms with Crippen molar-refractivity contribution >= 4 is 11.6 Å². The Bertz CT molecular complexity index is 958. The third kappa shape index (κ3) is 3.43. The van der Waals surface area contributed by atoms with Gasteiger partial charge in [-0.25, -0.2) is 19.5 Å². The molecule has 1 fully saturated rings. The van der Waals surface area contributed by atoms with E-state index in [1.54, 1.807) is 44.1 Å². The molecule has 0 aromatic carbocycles. The molecule has 1 atom stereocenters. The fourth-order valence-electron chi connectivity index (χ4n) is 3.20. The minimum Gasteiger partial charge on any atom is -0.493 e. The number of anilines is 1. The minimum atomic E-state index is -1.15. The van der Waals surface area contributed by atoms with Crippen LogP contribution in [0.25, 0.3) is 16.9 Å². The summed E-state index contributed by atoms with van der Waals surface area (Å²) >= 11 is 0. The number of aromatic nitrogens is 5. The predicted octanol–water partition coefficient (Wildman–Crippen LogP) is 1.20. The normalized spacial score (nSPS) is 17.4. The van der Waals surface area contributed by atoms with Gasteiger partial charge < -0.3 is 20.5 Å². The van der Waals surface area contributed by atoms with Gasteiger partial charge in [0, 0.05) is 18.8 Å². The number of ether oxygens (including phenoxy) is 1. The predicted molar refractivity (Wildman–Crippen MR) is 101 cm³/mol. The van der Waals surface area contributed by atoms with Crippen molar-refractivity contribution in [2.45, 2.75) is 31.9 Å². The first-order valence-corrected chi connectivity index (χ1v) is 8.91. The van der Waals surface area contributed by atoms with Crippen molar-refractivity contribution in [2.75, 3.05) is 25.5 Å². The van der Waals surface area contributed by atoms with Crippen LogP contribution in [0.5, 0.6) is 5.75 Å². The molecule has 27 heavy (non-hydrogen) atoms. The van der Waals surface area contributed by atoms with Crippen LogP contribution in [0.15, 0.2) is 24.7 Å². The first kappa shape index (κ1) is 17.6. The highest BCUT2D eigenvalue weighted by atomic mass is 16.5. The number of rotatable bonds is 5. The van der Waals surface area contributed by atoms with Gasteiger partial charge in [0.05, 0.1) is 30.8 Å². The summed E-state index contributed by atoms with van der Waals surface area (Å²) in [5, 5.41) is 21.5. The molecule has 3 N–H and O–H groups in total. The summed E-state index contributed by atoms with van der Waals surface area (Å²) in [4.78, 5) is 13.6. The van der Waals surface area contributed by atoms with Crippen LogP contribution in [-0.4, -0.2) is 55.9 Å². The van der Waals surface area contributed by atoms with Crippen molar-refractivity contribution in [3.05, 3.63) is 30.4 Å². The molecular weight excluding hydrogens is 346 g/mol. The van der Waals surface area contributed by atoms with Crippen molar-refractivity contribution in [3.63, 3.8) is 0 Å². The van der Waals surface area contributed by atoms with Crippen LogP contribution < -0.4 is 15.4 Å². The van der Waals surface area contributed by atoms with Gasteiger partial charge in [0.25, 0.3) is 0 Å². The van der Waals surface area contributed by atoms with Gasteiger partial charge in [-0.15, -0.1) is 0 Å². The maximum atomic E-state index is 10.4. The van der Waals surface area contributed by atoms with Gasteiger partial charge in [0.15, 0.2) is 11.4 Å². The van der Waals surface area contributed by atoms with Crippen molar-refractivity contribution in [1.82, 2.24) is 29.9 Å². The highest BCUT2D eigenvalue weighted by molar-refractivity contribution is 5.75. The number of nitrogens with one attached hydrogen (secondary N) is 2. The summed E-state index contributed by atoms with van der Waals surface area (Å²) in [6, 6.07) is 2.15. The average Bonchev–Trinajstić information content (AvgIpc) is 3.29. The first-order valence-electron chi connectivity index (χ1n) is 8.91. The molecule has 0 bridgehead atoms. The Labute approximate surface area is 156 Å². The number of hydrogen-bond donors (Lipinski definition) is 3. The van der Waals surface area contributed by atoms with E-state index in [9.17, 15) is 5.11 Å². The standard InChI is InChI=1S/C18H23N7O2/c1-18(2,26)15-14(27-3)10-25-16(24-15)12(9-21-25)13-5-7-20-17(23-13)22-11-4-6-19-8-11/h5,7,9-11,19,26H,4,6,8H2,1-3H3,(H,20,22,23). The van der Waals surface area contributed by atoms with Gasteiger partial charge in [-0.2, -0.15) is 5.10 Å². The van der Waals surface area contributed by atoms with Crippen LogP contribution in [-0.2, 0) is 5.60 Å².